The molecule has 2 rings (SSSR count). The van der Waals surface area contributed by atoms with E-state index in [-0.39, 0.29) is 0 Å². The lowest BCUT2D eigenvalue weighted by Gasteiger charge is -2.01. The van der Waals surface area contributed by atoms with Gasteiger partial charge in [0, 0.05) is 0 Å². The van der Waals surface area contributed by atoms with Gasteiger partial charge in [0.2, 0.25) is 0 Å². The SMILES string of the molecule is COc1c(Cl)ccc2[nH]c(C)nc12. The highest BCUT2D eigenvalue weighted by Crippen LogP contribution is 2.31. The average Bonchev–Trinajstić information content (AvgIpc) is 2.45. The highest BCUT2D eigenvalue weighted by Gasteiger charge is 2.09. The largest absolute Gasteiger partial charge is 0.493 e. The summed E-state index contributed by atoms with van der Waals surface area (Å²) in [5.41, 5.74) is 1.73. The van der Waals surface area contributed by atoms with E-state index in [1.54, 1.807) is 13.2 Å². The Bertz CT molecular complexity index is 450. The van der Waals surface area contributed by atoms with E-state index in [0.29, 0.717) is 10.8 Å². The molecule has 0 atom stereocenters. The van der Waals surface area contributed by atoms with E-state index in [4.69, 9.17) is 16.3 Å². The quantitative estimate of drug-likeness (QED) is 0.761. The molecule has 13 heavy (non-hydrogen) atoms. The Morgan fingerprint density at radius 1 is 1.46 bits per heavy atom. The standard InChI is InChI=1S/C9H9ClN2O/c1-5-11-7-4-3-6(10)9(13-2)8(7)12-5/h3-4H,1-2H3,(H,11,12). The lowest BCUT2D eigenvalue weighted by Crippen LogP contribution is -1.85. The molecule has 0 bridgehead atoms. The van der Waals surface area contributed by atoms with Gasteiger partial charge in [0.05, 0.1) is 17.6 Å². The minimum atomic E-state index is 0.585. The Kier molecular flexibility index (Phi) is 1.88. The van der Waals surface area contributed by atoms with Crippen molar-refractivity contribution in [2.75, 3.05) is 7.11 Å². The van der Waals surface area contributed by atoms with Crippen molar-refractivity contribution in [2.45, 2.75) is 6.92 Å². The first-order valence-electron chi connectivity index (χ1n) is 3.91. The van der Waals surface area contributed by atoms with Gasteiger partial charge in [0.1, 0.15) is 11.3 Å². The number of halogens is 1. The van der Waals surface area contributed by atoms with Crippen molar-refractivity contribution in [2.24, 2.45) is 0 Å². The van der Waals surface area contributed by atoms with Crippen molar-refractivity contribution in [1.82, 2.24) is 9.97 Å². The van der Waals surface area contributed by atoms with Gasteiger partial charge in [-0.2, -0.15) is 0 Å². The van der Waals surface area contributed by atoms with E-state index in [1.165, 1.54) is 0 Å². The molecule has 68 valence electrons. The molecule has 2 aromatic rings. The first kappa shape index (κ1) is 8.38. The third kappa shape index (κ3) is 1.25. The minimum Gasteiger partial charge on any atom is -0.493 e. The number of rotatable bonds is 1. The molecule has 3 nitrogen and oxygen atoms in total. The number of nitrogens with one attached hydrogen (secondary N) is 1. The molecule has 0 aliphatic carbocycles. The van der Waals surface area contributed by atoms with Crippen LogP contribution in [0.25, 0.3) is 11.0 Å². The highest BCUT2D eigenvalue weighted by molar-refractivity contribution is 6.33. The molecule has 1 aromatic heterocycles. The number of aromatic amines is 1. The van der Waals surface area contributed by atoms with Gasteiger partial charge in [-0.1, -0.05) is 11.6 Å². The van der Waals surface area contributed by atoms with Crippen LogP contribution in [0.2, 0.25) is 5.02 Å². The third-order valence-corrected chi connectivity index (χ3v) is 2.18. The molecule has 0 unspecified atom stereocenters. The normalized spacial score (nSPS) is 10.7. The second-order valence-corrected chi connectivity index (χ2v) is 3.21. The van der Waals surface area contributed by atoms with Crippen LogP contribution in [0, 0.1) is 6.92 Å². The maximum Gasteiger partial charge on any atom is 0.165 e. The zero-order valence-corrected chi connectivity index (χ0v) is 8.14. The van der Waals surface area contributed by atoms with Crippen LogP contribution in [-0.4, -0.2) is 17.1 Å². The van der Waals surface area contributed by atoms with Crippen molar-refractivity contribution in [1.29, 1.82) is 0 Å². The predicted molar refractivity (Wildman–Crippen MR) is 52.4 cm³/mol. The maximum absolute atomic E-state index is 5.93. The Labute approximate surface area is 80.7 Å². The van der Waals surface area contributed by atoms with Gasteiger partial charge in [-0.05, 0) is 19.1 Å². The molecule has 0 amide bonds. The topological polar surface area (TPSA) is 37.9 Å². The summed E-state index contributed by atoms with van der Waals surface area (Å²) in [4.78, 5) is 7.39. The number of aromatic nitrogens is 2. The Morgan fingerprint density at radius 2 is 2.23 bits per heavy atom. The van der Waals surface area contributed by atoms with Crippen molar-refractivity contribution in [3.63, 3.8) is 0 Å². The Morgan fingerprint density at radius 3 is 2.92 bits per heavy atom. The highest BCUT2D eigenvalue weighted by atomic mass is 35.5. The molecule has 1 aromatic carbocycles. The summed E-state index contributed by atoms with van der Waals surface area (Å²) in [7, 11) is 1.59. The monoisotopic (exact) mass is 196 g/mol. The van der Waals surface area contributed by atoms with Gasteiger partial charge in [-0.25, -0.2) is 4.98 Å². The number of benzene rings is 1. The van der Waals surface area contributed by atoms with Crippen LogP contribution >= 0.6 is 11.6 Å². The minimum absolute atomic E-state index is 0.585. The van der Waals surface area contributed by atoms with Crippen LogP contribution in [0.15, 0.2) is 12.1 Å². The number of fused-ring (bicyclic) bond motifs is 1. The number of aryl methyl sites for hydroxylation is 1. The van der Waals surface area contributed by atoms with E-state index in [0.717, 1.165) is 16.9 Å². The van der Waals surface area contributed by atoms with Gasteiger partial charge in [0.15, 0.2) is 5.75 Å². The second kappa shape index (κ2) is 2.92. The van der Waals surface area contributed by atoms with E-state index in [9.17, 15) is 0 Å². The number of methoxy groups -OCH3 is 1. The number of hydrogen-bond donors (Lipinski definition) is 1. The third-order valence-electron chi connectivity index (χ3n) is 1.88. The summed E-state index contributed by atoms with van der Waals surface area (Å²) >= 11 is 5.93. The summed E-state index contributed by atoms with van der Waals surface area (Å²) < 4.78 is 5.16. The van der Waals surface area contributed by atoms with E-state index >= 15 is 0 Å². The number of imidazole rings is 1. The number of nitrogens with zero attached hydrogens (tertiary/aromatic N) is 1. The molecule has 0 saturated carbocycles. The number of ether oxygens (including phenoxy) is 1. The van der Waals surface area contributed by atoms with Gasteiger partial charge in [-0.3, -0.25) is 0 Å². The van der Waals surface area contributed by atoms with Crippen molar-refractivity contribution >= 4 is 22.6 Å². The Balaban J connectivity index is 2.82. The zero-order chi connectivity index (χ0) is 9.42. The molecule has 0 fully saturated rings. The molecular weight excluding hydrogens is 188 g/mol. The molecule has 0 aliphatic heterocycles. The fraction of sp³-hybridized carbons (Fsp3) is 0.222. The summed E-state index contributed by atoms with van der Waals surface area (Å²) in [6.45, 7) is 1.90. The van der Waals surface area contributed by atoms with Gasteiger partial charge in [-0.15, -0.1) is 0 Å². The van der Waals surface area contributed by atoms with Crippen LogP contribution in [0.5, 0.6) is 5.75 Å². The van der Waals surface area contributed by atoms with Gasteiger partial charge < -0.3 is 9.72 Å². The smallest absolute Gasteiger partial charge is 0.165 e. The molecule has 4 heteroatoms. The molecule has 0 saturated heterocycles. The Hall–Kier alpha value is -1.22. The lowest BCUT2D eigenvalue weighted by atomic mass is 10.3. The van der Waals surface area contributed by atoms with Crippen LogP contribution in [-0.2, 0) is 0 Å². The second-order valence-electron chi connectivity index (χ2n) is 2.80. The van der Waals surface area contributed by atoms with Crippen molar-refractivity contribution in [3.8, 4) is 5.75 Å². The predicted octanol–water partition coefficient (Wildman–Crippen LogP) is 2.53. The van der Waals surface area contributed by atoms with E-state index in [2.05, 4.69) is 9.97 Å². The van der Waals surface area contributed by atoms with Crippen LogP contribution in [0.1, 0.15) is 5.82 Å². The van der Waals surface area contributed by atoms with E-state index in [1.807, 2.05) is 13.0 Å². The molecule has 1 heterocycles. The fourth-order valence-electron chi connectivity index (χ4n) is 1.34. The van der Waals surface area contributed by atoms with Crippen LogP contribution in [0.4, 0.5) is 0 Å². The summed E-state index contributed by atoms with van der Waals surface area (Å²) in [6, 6.07) is 3.68. The van der Waals surface area contributed by atoms with Crippen LogP contribution < -0.4 is 4.74 Å². The zero-order valence-electron chi connectivity index (χ0n) is 7.39. The van der Waals surface area contributed by atoms with Crippen molar-refractivity contribution in [3.05, 3.63) is 23.0 Å². The molecular formula is C9H9ClN2O. The van der Waals surface area contributed by atoms with E-state index < -0.39 is 0 Å². The molecule has 0 radical (unpaired) electrons. The average molecular weight is 197 g/mol. The fourth-order valence-corrected chi connectivity index (χ4v) is 1.57. The molecule has 0 aliphatic rings. The summed E-state index contributed by atoms with van der Waals surface area (Å²) in [6.07, 6.45) is 0. The number of hydrogen-bond acceptors (Lipinski definition) is 2. The maximum atomic E-state index is 5.93. The van der Waals surface area contributed by atoms with Gasteiger partial charge >= 0.3 is 0 Å². The summed E-state index contributed by atoms with van der Waals surface area (Å²) in [5.74, 6) is 1.49. The lowest BCUT2D eigenvalue weighted by molar-refractivity contribution is 0.419. The van der Waals surface area contributed by atoms with Crippen molar-refractivity contribution < 1.29 is 4.74 Å². The number of H-pyrrole nitrogens is 1. The molecule has 0 spiro atoms. The van der Waals surface area contributed by atoms with Gasteiger partial charge in [0.25, 0.3) is 0 Å². The van der Waals surface area contributed by atoms with Crippen LogP contribution in [0.3, 0.4) is 0 Å². The molecule has 1 N–H and O–H groups in total. The summed E-state index contributed by atoms with van der Waals surface area (Å²) in [5, 5.41) is 0.585. The first-order valence-corrected chi connectivity index (χ1v) is 4.29. The first-order chi connectivity index (χ1) is 6.22.